The maximum atomic E-state index is 11.6. The summed E-state index contributed by atoms with van der Waals surface area (Å²) >= 11 is 0. The summed E-state index contributed by atoms with van der Waals surface area (Å²) in [4.78, 5) is 22.8. The molecule has 2 fully saturated rings. The van der Waals surface area contributed by atoms with E-state index in [-0.39, 0.29) is 6.61 Å². The Labute approximate surface area is 164 Å². The first-order valence-electron chi connectivity index (χ1n) is 9.22. The molecule has 0 bridgehead atoms. The molecular formula is C20H26O8. The van der Waals surface area contributed by atoms with Crippen molar-refractivity contribution in [2.75, 3.05) is 6.61 Å². The number of hydrogen-bond acceptors (Lipinski definition) is 8. The quantitative estimate of drug-likeness (QED) is 0.648. The number of carbonyl (C=O) groups is 2. The Balaban J connectivity index is 1.77. The van der Waals surface area contributed by atoms with E-state index in [0.717, 1.165) is 5.56 Å². The Bertz CT molecular complexity index is 689. The van der Waals surface area contributed by atoms with Gasteiger partial charge in [0.2, 0.25) is 0 Å². The van der Waals surface area contributed by atoms with E-state index in [1.165, 1.54) is 13.8 Å². The minimum Gasteiger partial charge on any atom is -0.462 e. The second-order valence-electron chi connectivity index (χ2n) is 7.28. The van der Waals surface area contributed by atoms with Crippen molar-refractivity contribution in [3.63, 3.8) is 0 Å². The summed E-state index contributed by atoms with van der Waals surface area (Å²) < 4.78 is 34.3. The fourth-order valence-corrected chi connectivity index (χ4v) is 3.37. The van der Waals surface area contributed by atoms with Crippen LogP contribution < -0.4 is 0 Å². The monoisotopic (exact) mass is 394 g/mol. The second kappa shape index (κ2) is 8.57. The predicted molar refractivity (Wildman–Crippen MR) is 95.9 cm³/mol. The van der Waals surface area contributed by atoms with Crippen LogP contribution in [0.4, 0.5) is 0 Å². The molecule has 0 aliphatic carbocycles. The van der Waals surface area contributed by atoms with Gasteiger partial charge in [-0.2, -0.15) is 0 Å². The number of hydrogen-bond donors (Lipinski definition) is 0. The average Bonchev–Trinajstić information content (AvgIpc) is 3.09. The number of esters is 2. The minimum atomic E-state index is -0.844. The van der Waals surface area contributed by atoms with E-state index in [0.29, 0.717) is 6.61 Å². The highest BCUT2D eigenvalue weighted by molar-refractivity contribution is 5.67. The molecule has 1 aromatic carbocycles. The van der Waals surface area contributed by atoms with Gasteiger partial charge in [0, 0.05) is 13.8 Å². The minimum absolute atomic E-state index is 0.145. The van der Waals surface area contributed by atoms with Crippen LogP contribution in [0.5, 0.6) is 0 Å². The molecule has 5 atom stereocenters. The van der Waals surface area contributed by atoms with Gasteiger partial charge in [0.05, 0.1) is 6.61 Å². The molecule has 8 nitrogen and oxygen atoms in total. The van der Waals surface area contributed by atoms with Crippen LogP contribution in [0.2, 0.25) is 0 Å². The topological polar surface area (TPSA) is 89.5 Å². The Morgan fingerprint density at radius 1 is 1.11 bits per heavy atom. The standard InChI is InChI=1S/C20H26O8/c1-12(21)23-11-15(25-13(2)22)16-17(24-10-14-8-6-5-7-9-14)18-19(26-16)28-20(3,4)27-18/h5-9,15-19H,10-11H2,1-4H3/t15-,16?,17?,18?,19?/m0/s1. The van der Waals surface area contributed by atoms with Crippen LogP contribution >= 0.6 is 0 Å². The van der Waals surface area contributed by atoms with Crippen molar-refractivity contribution < 1.29 is 38.0 Å². The molecule has 4 unspecified atom stereocenters. The van der Waals surface area contributed by atoms with Crippen LogP contribution in [-0.4, -0.2) is 55.0 Å². The molecule has 154 valence electrons. The lowest BCUT2D eigenvalue weighted by molar-refractivity contribution is -0.236. The Morgan fingerprint density at radius 3 is 2.46 bits per heavy atom. The number of rotatable bonds is 7. The summed E-state index contributed by atoms with van der Waals surface area (Å²) in [5.41, 5.74) is 0.979. The largest absolute Gasteiger partial charge is 0.462 e. The van der Waals surface area contributed by atoms with Crippen LogP contribution in [0, 0.1) is 0 Å². The van der Waals surface area contributed by atoms with Crippen LogP contribution in [-0.2, 0) is 44.6 Å². The molecule has 3 rings (SSSR count). The van der Waals surface area contributed by atoms with E-state index in [4.69, 9.17) is 28.4 Å². The van der Waals surface area contributed by atoms with E-state index in [9.17, 15) is 9.59 Å². The maximum Gasteiger partial charge on any atom is 0.303 e. The van der Waals surface area contributed by atoms with Gasteiger partial charge in [-0.15, -0.1) is 0 Å². The van der Waals surface area contributed by atoms with Crippen molar-refractivity contribution in [2.24, 2.45) is 0 Å². The molecule has 8 heteroatoms. The molecule has 28 heavy (non-hydrogen) atoms. The molecular weight excluding hydrogens is 368 g/mol. The molecule has 0 saturated carbocycles. The highest BCUT2D eigenvalue weighted by Gasteiger charge is 2.58. The van der Waals surface area contributed by atoms with Crippen LogP contribution in [0.1, 0.15) is 33.3 Å². The summed E-state index contributed by atoms with van der Waals surface area (Å²) in [7, 11) is 0. The number of benzene rings is 1. The van der Waals surface area contributed by atoms with E-state index in [2.05, 4.69) is 0 Å². The number of ether oxygens (including phenoxy) is 6. The summed E-state index contributed by atoms with van der Waals surface area (Å²) in [5, 5.41) is 0. The highest BCUT2D eigenvalue weighted by atomic mass is 16.8. The van der Waals surface area contributed by atoms with Gasteiger partial charge in [-0.1, -0.05) is 30.3 Å². The molecule has 0 radical (unpaired) electrons. The van der Waals surface area contributed by atoms with E-state index < -0.39 is 48.4 Å². The zero-order valence-electron chi connectivity index (χ0n) is 16.5. The molecule has 2 aliphatic rings. The van der Waals surface area contributed by atoms with E-state index in [1.807, 2.05) is 30.3 Å². The van der Waals surface area contributed by atoms with Crippen molar-refractivity contribution in [3.8, 4) is 0 Å². The van der Waals surface area contributed by atoms with Gasteiger partial charge in [0.1, 0.15) is 24.9 Å². The van der Waals surface area contributed by atoms with Gasteiger partial charge < -0.3 is 28.4 Å². The third-order valence-electron chi connectivity index (χ3n) is 4.45. The molecule has 0 N–H and O–H groups in total. The second-order valence-corrected chi connectivity index (χ2v) is 7.28. The SMILES string of the molecule is CC(=O)OC[C@H](OC(C)=O)C1OC2OC(C)(C)OC2C1OCc1ccccc1. The lowest BCUT2D eigenvalue weighted by Gasteiger charge is -2.30. The lowest BCUT2D eigenvalue weighted by Crippen LogP contribution is -2.46. The normalized spacial score (nSPS) is 29.1. The molecule has 0 spiro atoms. The Morgan fingerprint density at radius 2 is 1.82 bits per heavy atom. The molecule has 1 aromatic rings. The summed E-state index contributed by atoms with van der Waals surface area (Å²) in [5.74, 6) is -1.81. The number of carbonyl (C=O) groups excluding carboxylic acids is 2. The van der Waals surface area contributed by atoms with Gasteiger partial charge in [-0.3, -0.25) is 9.59 Å². The van der Waals surface area contributed by atoms with Gasteiger partial charge in [-0.05, 0) is 19.4 Å². The van der Waals surface area contributed by atoms with Gasteiger partial charge in [-0.25, -0.2) is 0 Å². The van der Waals surface area contributed by atoms with Gasteiger partial charge in [0.15, 0.2) is 18.2 Å². The third-order valence-corrected chi connectivity index (χ3v) is 4.45. The zero-order chi connectivity index (χ0) is 20.3. The molecule has 2 saturated heterocycles. The van der Waals surface area contributed by atoms with Crippen molar-refractivity contribution >= 4 is 11.9 Å². The van der Waals surface area contributed by atoms with Crippen molar-refractivity contribution in [1.29, 1.82) is 0 Å². The van der Waals surface area contributed by atoms with Crippen molar-refractivity contribution in [1.82, 2.24) is 0 Å². The average molecular weight is 394 g/mol. The molecule has 0 aromatic heterocycles. The van der Waals surface area contributed by atoms with Gasteiger partial charge >= 0.3 is 11.9 Å². The molecule has 2 aliphatic heterocycles. The first-order chi connectivity index (χ1) is 13.2. The third kappa shape index (κ3) is 5.08. The fourth-order valence-electron chi connectivity index (χ4n) is 3.37. The predicted octanol–water partition coefficient (Wildman–Crippen LogP) is 1.94. The fraction of sp³-hybridized carbons (Fsp3) is 0.600. The highest BCUT2D eigenvalue weighted by Crippen LogP contribution is 2.40. The van der Waals surface area contributed by atoms with Crippen molar-refractivity contribution in [2.45, 2.75) is 70.8 Å². The number of fused-ring (bicyclic) bond motifs is 1. The van der Waals surface area contributed by atoms with E-state index in [1.54, 1.807) is 13.8 Å². The van der Waals surface area contributed by atoms with Gasteiger partial charge in [0.25, 0.3) is 0 Å². The van der Waals surface area contributed by atoms with E-state index >= 15 is 0 Å². The van der Waals surface area contributed by atoms with Crippen molar-refractivity contribution in [3.05, 3.63) is 35.9 Å². The smallest absolute Gasteiger partial charge is 0.303 e. The lowest BCUT2D eigenvalue weighted by atomic mass is 10.1. The van der Waals surface area contributed by atoms with Crippen LogP contribution in [0.3, 0.4) is 0 Å². The molecule has 2 heterocycles. The first kappa shape index (κ1) is 20.7. The molecule has 0 amide bonds. The summed E-state index contributed by atoms with van der Waals surface area (Å²) in [6, 6.07) is 9.66. The zero-order valence-corrected chi connectivity index (χ0v) is 16.5. The van der Waals surface area contributed by atoms with Crippen LogP contribution in [0.15, 0.2) is 30.3 Å². The Kier molecular flexibility index (Phi) is 6.34. The summed E-state index contributed by atoms with van der Waals surface area (Å²) in [6.07, 6.45) is -3.30. The summed E-state index contributed by atoms with van der Waals surface area (Å²) in [6.45, 7) is 6.33. The maximum absolute atomic E-state index is 11.6. The van der Waals surface area contributed by atoms with Crippen LogP contribution in [0.25, 0.3) is 0 Å². The first-order valence-corrected chi connectivity index (χ1v) is 9.22. The Hall–Kier alpha value is -2.00.